The second-order valence-electron chi connectivity index (χ2n) is 7.19. The van der Waals surface area contributed by atoms with E-state index >= 15 is 0 Å². The van der Waals surface area contributed by atoms with E-state index in [1.165, 1.54) is 0 Å². The highest BCUT2D eigenvalue weighted by Crippen LogP contribution is 2.17. The van der Waals surface area contributed by atoms with E-state index in [0.29, 0.717) is 48.2 Å². The molecule has 0 spiro atoms. The number of carbonyl (C=O) groups is 2. The molecule has 0 aliphatic carbocycles. The number of benzene rings is 2. The van der Waals surface area contributed by atoms with Gasteiger partial charge in [-0.1, -0.05) is 19.9 Å². The predicted octanol–water partition coefficient (Wildman–Crippen LogP) is 4.13. The molecule has 0 unspecified atom stereocenters. The average molecular weight is 399 g/mol. The molecular formula is C23H30N2O4. The van der Waals surface area contributed by atoms with E-state index in [-0.39, 0.29) is 11.8 Å². The van der Waals surface area contributed by atoms with Crippen LogP contribution >= 0.6 is 0 Å². The third-order valence-corrected chi connectivity index (χ3v) is 4.28. The van der Waals surface area contributed by atoms with Gasteiger partial charge in [0, 0.05) is 37.1 Å². The van der Waals surface area contributed by atoms with Gasteiger partial charge in [0.05, 0.1) is 6.61 Å². The zero-order chi connectivity index (χ0) is 21.1. The van der Waals surface area contributed by atoms with Crippen molar-refractivity contribution in [1.29, 1.82) is 0 Å². The van der Waals surface area contributed by atoms with Crippen molar-refractivity contribution in [3.05, 3.63) is 59.7 Å². The van der Waals surface area contributed by atoms with Gasteiger partial charge in [-0.05, 0) is 61.2 Å². The number of hydrogen-bond donors (Lipinski definition) is 2. The quantitative estimate of drug-likeness (QED) is 0.558. The van der Waals surface area contributed by atoms with Crippen LogP contribution in [0.15, 0.2) is 48.5 Å². The summed E-state index contributed by atoms with van der Waals surface area (Å²) in [5.41, 5.74) is 1.69. The van der Waals surface area contributed by atoms with Gasteiger partial charge in [0.25, 0.3) is 11.8 Å². The van der Waals surface area contributed by atoms with E-state index in [4.69, 9.17) is 9.47 Å². The minimum absolute atomic E-state index is 0.148. The highest BCUT2D eigenvalue weighted by Gasteiger charge is 2.09. The number of methoxy groups -OCH3 is 1. The van der Waals surface area contributed by atoms with Gasteiger partial charge in [-0.15, -0.1) is 0 Å². The Morgan fingerprint density at radius 1 is 0.966 bits per heavy atom. The molecule has 0 aliphatic heterocycles. The van der Waals surface area contributed by atoms with E-state index < -0.39 is 0 Å². The topological polar surface area (TPSA) is 76.7 Å². The average Bonchev–Trinajstić information content (AvgIpc) is 2.71. The third-order valence-electron chi connectivity index (χ3n) is 4.28. The summed E-state index contributed by atoms with van der Waals surface area (Å²) in [5.74, 6) is 0.872. The summed E-state index contributed by atoms with van der Waals surface area (Å²) < 4.78 is 10.7. The molecule has 0 heterocycles. The highest BCUT2D eigenvalue weighted by atomic mass is 16.5. The van der Waals surface area contributed by atoms with Crippen LogP contribution in [0.1, 0.15) is 47.4 Å². The van der Waals surface area contributed by atoms with E-state index in [1.807, 2.05) is 6.07 Å². The van der Waals surface area contributed by atoms with Crippen molar-refractivity contribution in [2.75, 3.05) is 32.2 Å². The first-order valence-corrected chi connectivity index (χ1v) is 9.91. The van der Waals surface area contributed by atoms with Crippen LogP contribution in [0.25, 0.3) is 0 Å². The Kier molecular flexibility index (Phi) is 9.18. The second-order valence-corrected chi connectivity index (χ2v) is 7.19. The zero-order valence-corrected chi connectivity index (χ0v) is 17.4. The van der Waals surface area contributed by atoms with Crippen molar-refractivity contribution in [2.24, 2.45) is 5.92 Å². The SMILES string of the molecule is COCCCNC(=O)c1ccc(NC(=O)c2cccc(OCCC(C)C)c2)cc1. The lowest BCUT2D eigenvalue weighted by molar-refractivity contribution is 0.0948. The molecule has 6 heteroatoms. The second kappa shape index (κ2) is 11.9. The summed E-state index contributed by atoms with van der Waals surface area (Å²) in [5, 5.41) is 5.67. The lowest BCUT2D eigenvalue weighted by atomic mass is 10.1. The molecule has 2 aromatic carbocycles. The largest absolute Gasteiger partial charge is 0.494 e. The normalized spacial score (nSPS) is 10.6. The van der Waals surface area contributed by atoms with Crippen molar-refractivity contribution in [3.8, 4) is 5.75 Å². The first-order valence-electron chi connectivity index (χ1n) is 9.91. The Morgan fingerprint density at radius 3 is 2.41 bits per heavy atom. The van der Waals surface area contributed by atoms with Crippen LogP contribution in [0.5, 0.6) is 5.75 Å². The van der Waals surface area contributed by atoms with Gasteiger partial charge >= 0.3 is 0 Å². The van der Waals surface area contributed by atoms with E-state index in [2.05, 4.69) is 24.5 Å². The molecule has 0 saturated carbocycles. The number of amides is 2. The van der Waals surface area contributed by atoms with Gasteiger partial charge in [-0.25, -0.2) is 0 Å². The van der Waals surface area contributed by atoms with Gasteiger partial charge in [-0.2, -0.15) is 0 Å². The third kappa shape index (κ3) is 7.95. The molecule has 2 rings (SSSR count). The molecule has 0 fully saturated rings. The van der Waals surface area contributed by atoms with E-state index in [0.717, 1.165) is 12.8 Å². The van der Waals surface area contributed by atoms with E-state index in [9.17, 15) is 9.59 Å². The molecule has 29 heavy (non-hydrogen) atoms. The minimum Gasteiger partial charge on any atom is -0.494 e. The number of nitrogens with one attached hydrogen (secondary N) is 2. The monoisotopic (exact) mass is 398 g/mol. The van der Waals surface area contributed by atoms with Gasteiger partial charge in [0.1, 0.15) is 5.75 Å². The van der Waals surface area contributed by atoms with E-state index in [1.54, 1.807) is 49.6 Å². The van der Waals surface area contributed by atoms with Crippen molar-refractivity contribution in [3.63, 3.8) is 0 Å². The number of ether oxygens (including phenoxy) is 2. The Balaban J connectivity index is 1.89. The first kappa shape index (κ1) is 22.4. The smallest absolute Gasteiger partial charge is 0.255 e. The number of hydrogen-bond acceptors (Lipinski definition) is 4. The number of carbonyl (C=O) groups excluding carboxylic acids is 2. The maximum atomic E-state index is 12.5. The maximum Gasteiger partial charge on any atom is 0.255 e. The van der Waals surface area contributed by atoms with Crippen LogP contribution in [0.2, 0.25) is 0 Å². The van der Waals surface area contributed by atoms with Crippen LogP contribution in [-0.2, 0) is 4.74 Å². The molecule has 156 valence electrons. The fraction of sp³-hybridized carbons (Fsp3) is 0.391. The molecule has 2 aromatic rings. The summed E-state index contributed by atoms with van der Waals surface area (Å²) in [6.07, 6.45) is 1.72. The summed E-state index contributed by atoms with van der Waals surface area (Å²) in [6, 6.07) is 13.9. The molecule has 2 amide bonds. The van der Waals surface area contributed by atoms with Crippen molar-refractivity contribution < 1.29 is 19.1 Å². The Labute approximate surface area is 172 Å². The Morgan fingerprint density at radius 2 is 1.72 bits per heavy atom. The van der Waals surface area contributed by atoms with Crippen LogP contribution < -0.4 is 15.4 Å². The standard InChI is InChI=1S/C23H30N2O4/c1-17(2)12-15-29-21-7-4-6-19(16-21)23(27)25-20-10-8-18(9-11-20)22(26)24-13-5-14-28-3/h4,6-11,16-17H,5,12-15H2,1-3H3,(H,24,26)(H,25,27). The van der Waals surface area contributed by atoms with Crippen LogP contribution in [0.4, 0.5) is 5.69 Å². The molecule has 0 radical (unpaired) electrons. The summed E-state index contributed by atoms with van der Waals surface area (Å²) in [4.78, 5) is 24.6. The van der Waals surface area contributed by atoms with Gasteiger partial charge in [0.15, 0.2) is 0 Å². The zero-order valence-electron chi connectivity index (χ0n) is 17.4. The fourth-order valence-electron chi connectivity index (χ4n) is 2.57. The summed E-state index contributed by atoms with van der Waals surface area (Å²) in [7, 11) is 1.63. The minimum atomic E-state index is -0.226. The lowest BCUT2D eigenvalue weighted by Crippen LogP contribution is -2.25. The number of rotatable bonds is 11. The van der Waals surface area contributed by atoms with Crippen molar-refractivity contribution in [1.82, 2.24) is 5.32 Å². The Hall–Kier alpha value is -2.86. The van der Waals surface area contributed by atoms with Crippen molar-refractivity contribution >= 4 is 17.5 Å². The summed E-state index contributed by atoms with van der Waals surface area (Å²) >= 11 is 0. The maximum absolute atomic E-state index is 12.5. The molecule has 0 atom stereocenters. The van der Waals surface area contributed by atoms with Crippen LogP contribution in [-0.4, -0.2) is 38.7 Å². The predicted molar refractivity (Wildman–Crippen MR) is 115 cm³/mol. The molecular weight excluding hydrogens is 368 g/mol. The number of anilines is 1. The fourth-order valence-corrected chi connectivity index (χ4v) is 2.57. The van der Waals surface area contributed by atoms with Gasteiger partial charge in [0.2, 0.25) is 0 Å². The first-order chi connectivity index (χ1) is 14.0. The molecule has 6 nitrogen and oxygen atoms in total. The van der Waals surface area contributed by atoms with Gasteiger partial charge in [-0.3, -0.25) is 9.59 Å². The van der Waals surface area contributed by atoms with Crippen molar-refractivity contribution in [2.45, 2.75) is 26.7 Å². The molecule has 0 aliphatic rings. The lowest BCUT2D eigenvalue weighted by Gasteiger charge is -2.10. The van der Waals surface area contributed by atoms with Crippen LogP contribution in [0, 0.1) is 5.92 Å². The molecule has 0 saturated heterocycles. The summed E-state index contributed by atoms with van der Waals surface area (Å²) in [6.45, 7) is 6.07. The van der Waals surface area contributed by atoms with Gasteiger partial charge < -0.3 is 20.1 Å². The van der Waals surface area contributed by atoms with Crippen LogP contribution in [0.3, 0.4) is 0 Å². The molecule has 0 aromatic heterocycles. The molecule has 0 bridgehead atoms. The Bertz CT molecular complexity index is 788. The molecule has 2 N–H and O–H groups in total. The highest BCUT2D eigenvalue weighted by molar-refractivity contribution is 6.04.